The van der Waals surface area contributed by atoms with Crippen LogP contribution in [0.3, 0.4) is 0 Å². The zero-order chi connectivity index (χ0) is 22.5. The lowest BCUT2D eigenvalue weighted by molar-refractivity contribution is 0.0927. The number of halogens is 2. The van der Waals surface area contributed by atoms with Gasteiger partial charge in [0.25, 0.3) is 11.8 Å². The van der Waals surface area contributed by atoms with Crippen LogP contribution in [0.1, 0.15) is 47.0 Å². The fraction of sp³-hybridized carbons (Fsp3) is 0.368. The van der Waals surface area contributed by atoms with Crippen LogP contribution in [0.25, 0.3) is 0 Å². The number of nitrogens with zero attached hydrogens (tertiary/aromatic N) is 2. The topological polar surface area (TPSA) is 124 Å². The van der Waals surface area contributed by atoms with E-state index in [1.807, 2.05) is 11.8 Å². The summed E-state index contributed by atoms with van der Waals surface area (Å²) in [4.78, 5) is 27.5. The van der Waals surface area contributed by atoms with Crippen molar-refractivity contribution in [1.29, 1.82) is 0 Å². The predicted molar refractivity (Wildman–Crippen MR) is 119 cm³/mol. The van der Waals surface area contributed by atoms with Crippen molar-refractivity contribution in [2.75, 3.05) is 18.4 Å². The lowest BCUT2D eigenvalue weighted by atomic mass is 10.0. The average molecular weight is 486 g/mol. The molecular weight excluding hydrogens is 465 g/mol. The van der Waals surface area contributed by atoms with Gasteiger partial charge in [-0.15, -0.1) is 0 Å². The highest BCUT2D eigenvalue weighted by atomic mass is 35.5. The number of nitrogens with one attached hydrogen (secondary N) is 3. The minimum atomic E-state index is -2.35. The summed E-state index contributed by atoms with van der Waals surface area (Å²) in [6.07, 6.45) is 2.92. The number of likely N-dealkylation sites (tertiary alicyclic amines) is 1. The molecule has 0 aliphatic carbocycles. The summed E-state index contributed by atoms with van der Waals surface area (Å²) < 4.78 is 23.2. The highest BCUT2D eigenvalue weighted by Gasteiger charge is 2.28. The van der Waals surface area contributed by atoms with Crippen molar-refractivity contribution in [2.24, 2.45) is 0 Å². The molecule has 1 unspecified atom stereocenters. The summed E-state index contributed by atoms with van der Waals surface area (Å²) >= 11 is 12.1. The number of carbonyl (C=O) groups is 2. The number of piperidine rings is 1. The van der Waals surface area contributed by atoms with Crippen molar-refractivity contribution in [1.82, 2.24) is 20.4 Å². The van der Waals surface area contributed by atoms with Gasteiger partial charge in [-0.05, 0) is 25.0 Å². The molecule has 0 spiro atoms. The van der Waals surface area contributed by atoms with E-state index >= 15 is 0 Å². The Kier molecular flexibility index (Phi) is 7.71. The quantitative estimate of drug-likeness (QED) is 0.540. The third-order valence-corrected chi connectivity index (χ3v) is 6.29. The Bertz CT molecular complexity index is 1100. The van der Waals surface area contributed by atoms with Gasteiger partial charge in [0.1, 0.15) is 10.7 Å². The number of hydrogen-bond acceptors (Lipinski definition) is 5. The molecule has 1 aliphatic heterocycles. The Labute approximate surface area is 190 Å². The first-order valence-corrected chi connectivity index (χ1v) is 11.4. The zero-order valence-corrected chi connectivity index (χ0v) is 18.9. The monoisotopic (exact) mass is 485 g/mol. The van der Waals surface area contributed by atoms with Crippen molar-refractivity contribution in [3.8, 4) is 0 Å². The second-order valence-electron chi connectivity index (χ2n) is 6.99. The Morgan fingerprint density at radius 2 is 1.97 bits per heavy atom. The number of aromatic nitrogens is 2. The number of carbonyl (C=O) groups excluding carboxylic acids is 2. The average Bonchev–Trinajstić information content (AvgIpc) is 3.17. The van der Waals surface area contributed by atoms with Crippen molar-refractivity contribution in [3.63, 3.8) is 0 Å². The fourth-order valence-corrected chi connectivity index (χ4v) is 4.69. The first-order valence-electron chi connectivity index (χ1n) is 9.61. The Balaban J connectivity index is 1.71. The molecule has 1 aromatic heterocycles. The van der Waals surface area contributed by atoms with E-state index in [1.54, 1.807) is 6.07 Å². The lowest BCUT2D eigenvalue weighted by Gasteiger charge is -2.32. The third kappa shape index (κ3) is 5.45. The van der Waals surface area contributed by atoms with Gasteiger partial charge in [-0.2, -0.15) is 13.5 Å². The smallest absolute Gasteiger partial charge is 0.271 e. The van der Waals surface area contributed by atoms with Crippen molar-refractivity contribution >= 4 is 56.0 Å². The minimum Gasteiger partial charge on any atom is -0.347 e. The number of H-pyrrole nitrogens is 1. The van der Waals surface area contributed by atoms with Gasteiger partial charge in [-0.25, -0.2) is 0 Å². The van der Waals surface area contributed by atoms with Crippen molar-refractivity contribution < 1.29 is 18.0 Å². The van der Waals surface area contributed by atoms with Gasteiger partial charge in [0.05, 0.1) is 27.5 Å². The molecule has 1 saturated heterocycles. The van der Waals surface area contributed by atoms with Gasteiger partial charge in [0.2, 0.25) is 10.3 Å². The van der Waals surface area contributed by atoms with E-state index in [0.717, 1.165) is 6.42 Å². The maximum Gasteiger partial charge on any atom is 0.271 e. The van der Waals surface area contributed by atoms with Crippen molar-refractivity contribution in [3.05, 3.63) is 45.7 Å². The molecule has 0 saturated carbocycles. The van der Waals surface area contributed by atoms with Crippen LogP contribution in [-0.2, 0) is 10.3 Å². The molecule has 1 atom stereocenters. The van der Waals surface area contributed by atoms with Gasteiger partial charge < -0.3 is 10.6 Å². The second-order valence-corrected chi connectivity index (χ2v) is 8.74. The minimum absolute atomic E-state index is 0.0392. The van der Waals surface area contributed by atoms with Crippen LogP contribution in [0.15, 0.2) is 24.4 Å². The summed E-state index contributed by atoms with van der Waals surface area (Å²) in [5.74, 6) is -1.10. The maximum absolute atomic E-state index is 12.8. The van der Waals surface area contributed by atoms with Crippen LogP contribution in [0.2, 0.25) is 10.0 Å². The number of aromatic amines is 1. The van der Waals surface area contributed by atoms with Gasteiger partial charge in [0.15, 0.2) is 0 Å². The summed E-state index contributed by atoms with van der Waals surface area (Å²) in [5, 5.41) is 12.1. The molecule has 3 rings (SSSR count). The van der Waals surface area contributed by atoms with Crippen molar-refractivity contribution in [2.45, 2.75) is 32.2 Å². The van der Waals surface area contributed by atoms with E-state index in [9.17, 15) is 18.0 Å². The van der Waals surface area contributed by atoms with Crippen LogP contribution in [0, 0.1) is 0 Å². The van der Waals surface area contributed by atoms with Crippen LogP contribution >= 0.6 is 23.2 Å². The predicted octanol–water partition coefficient (Wildman–Crippen LogP) is 2.58. The summed E-state index contributed by atoms with van der Waals surface area (Å²) in [7, 11) is -2.35. The summed E-state index contributed by atoms with van der Waals surface area (Å²) in [6, 6.07) is 4.32. The number of amides is 2. The molecule has 1 fully saturated rings. The number of hydrogen-bond donors (Lipinski definition) is 3. The normalized spacial score (nSPS) is 16.7. The molecule has 31 heavy (non-hydrogen) atoms. The molecule has 3 N–H and O–H groups in total. The van der Waals surface area contributed by atoms with Crippen LogP contribution in [-0.4, -0.2) is 59.4 Å². The maximum atomic E-state index is 12.8. The molecule has 12 heteroatoms. The van der Waals surface area contributed by atoms with E-state index in [1.165, 1.54) is 18.3 Å². The third-order valence-electron chi connectivity index (χ3n) is 4.85. The first-order chi connectivity index (χ1) is 14.8. The highest BCUT2D eigenvalue weighted by Crippen LogP contribution is 2.26. The molecule has 2 heterocycles. The molecule has 1 aromatic carbocycles. The SMILES string of the molecule is CCCN1CCC(NC(=O)c2[nH]ncc2NC(=O)c2c(Cl)cccc2Cl)CC1=S(=O)=O. The van der Waals surface area contributed by atoms with Gasteiger partial charge in [-0.1, -0.05) is 36.2 Å². The first kappa shape index (κ1) is 23.3. The number of anilines is 1. The standard InChI is InChI=1S/C19H21Cl2N5O4S/c1-2-7-26-8-6-11(9-15(26)31(29)30)23-19(28)17-14(10-22-25-17)24-18(27)16-12(20)4-3-5-13(16)21/h3-5,10-11H,2,6-9H2,1H3,(H,22,25)(H,23,28)(H,24,27). The molecule has 0 bridgehead atoms. The lowest BCUT2D eigenvalue weighted by Crippen LogP contribution is -2.48. The van der Waals surface area contributed by atoms with E-state index in [0.29, 0.717) is 19.5 Å². The van der Waals surface area contributed by atoms with Crippen LogP contribution in [0.4, 0.5) is 5.69 Å². The number of rotatable bonds is 6. The summed E-state index contributed by atoms with van der Waals surface area (Å²) in [5.41, 5.74) is 0.273. The molecule has 1 aliphatic rings. The molecule has 2 amide bonds. The van der Waals surface area contributed by atoms with E-state index < -0.39 is 22.1 Å². The molecule has 166 valence electrons. The van der Waals surface area contributed by atoms with Crippen LogP contribution in [0.5, 0.6) is 0 Å². The van der Waals surface area contributed by atoms with Gasteiger partial charge >= 0.3 is 0 Å². The molecule has 2 aromatic rings. The largest absolute Gasteiger partial charge is 0.347 e. The van der Waals surface area contributed by atoms with Crippen LogP contribution < -0.4 is 10.6 Å². The highest BCUT2D eigenvalue weighted by molar-refractivity contribution is 7.72. The fourth-order valence-electron chi connectivity index (χ4n) is 3.39. The van der Waals surface area contributed by atoms with Gasteiger partial charge in [-0.3, -0.25) is 19.6 Å². The molecule has 0 radical (unpaired) electrons. The van der Waals surface area contributed by atoms with E-state index in [-0.39, 0.29) is 44.4 Å². The Morgan fingerprint density at radius 1 is 1.26 bits per heavy atom. The van der Waals surface area contributed by atoms with Gasteiger partial charge in [0, 0.05) is 25.6 Å². The number of benzene rings is 1. The second kappa shape index (κ2) is 10.3. The Hall–Kier alpha value is -2.40. The zero-order valence-electron chi connectivity index (χ0n) is 16.6. The summed E-state index contributed by atoms with van der Waals surface area (Å²) in [6.45, 7) is 3.15. The van der Waals surface area contributed by atoms with E-state index in [2.05, 4.69) is 20.8 Å². The molecule has 9 nitrogen and oxygen atoms in total. The molecular formula is C19H21Cl2N5O4S. The van der Waals surface area contributed by atoms with E-state index in [4.69, 9.17) is 23.2 Å². The Morgan fingerprint density at radius 3 is 2.61 bits per heavy atom.